The van der Waals surface area contributed by atoms with Gasteiger partial charge in [-0.15, -0.1) is 0 Å². The Kier molecular flexibility index (Phi) is 6.49. The smallest absolute Gasteiger partial charge is 0.240 e. The molecule has 0 aliphatic carbocycles. The zero-order chi connectivity index (χ0) is 11.8. The summed E-state index contributed by atoms with van der Waals surface area (Å²) in [5.74, 6) is 3.49. The van der Waals surface area contributed by atoms with Gasteiger partial charge in [0.15, 0.2) is 5.82 Å². The molecule has 0 saturated carbocycles. The van der Waals surface area contributed by atoms with Gasteiger partial charge in [-0.05, 0) is 25.5 Å². The van der Waals surface area contributed by atoms with E-state index in [9.17, 15) is 0 Å². The van der Waals surface area contributed by atoms with Crippen molar-refractivity contribution in [2.75, 3.05) is 5.75 Å². The first kappa shape index (κ1) is 13.5. The number of hydrogen-bond acceptors (Lipinski definition) is 5. The molecule has 0 aliphatic rings. The molecular weight excluding hydrogens is 222 g/mol. The molecule has 92 valence electrons. The highest BCUT2D eigenvalue weighted by Gasteiger charge is 2.06. The van der Waals surface area contributed by atoms with Crippen molar-refractivity contribution >= 4 is 11.8 Å². The Labute approximate surface area is 102 Å². The van der Waals surface area contributed by atoms with Crippen LogP contribution in [0.15, 0.2) is 4.52 Å². The summed E-state index contributed by atoms with van der Waals surface area (Å²) < 4.78 is 5.15. The average Bonchev–Trinajstić information content (AvgIpc) is 2.74. The lowest BCUT2D eigenvalue weighted by atomic mass is 10.3. The fraction of sp³-hybridized carbons (Fsp3) is 0.818. The molecule has 0 spiro atoms. The van der Waals surface area contributed by atoms with E-state index in [2.05, 4.69) is 36.2 Å². The van der Waals surface area contributed by atoms with E-state index in [4.69, 9.17) is 4.52 Å². The highest BCUT2D eigenvalue weighted by atomic mass is 32.2. The van der Waals surface area contributed by atoms with Gasteiger partial charge in [0.1, 0.15) is 0 Å². The normalized spacial score (nSPS) is 12.9. The van der Waals surface area contributed by atoms with Gasteiger partial charge in [0.2, 0.25) is 5.89 Å². The van der Waals surface area contributed by atoms with Crippen LogP contribution in [-0.4, -0.2) is 21.9 Å². The van der Waals surface area contributed by atoms with Gasteiger partial charge in [0.25, 0.3) is 0 Å². The van der Waals surface area contributed by atoms with Crippen LogP contribution in [0.1, 0.15) is 45.3 Å². The highest BCUT2D eigenvalue weighted by molar-refractivity contribution is 7.98. The van der Waals surface area contributed by atoms with Crippen molar-refractivity contribution in [3.63, 3.8) is 0 Å². The summed E-state index contributed by atoms with van der Waals surface area (Å²) in [6, 6.07) is 0.491. The first-order valence-electron chi connectivity index (χ1n) is 5.88. The van der Waals surface area contributed by atoms with Crippen molar-refractivity contribution in [1.29, 1.82) is 0 Å². The van der Waals surface area contributed by atoms with E-state index < -0.39 is 0 Å². The Balaban J connectivity index is 2.28. The summed E-state index contributed by atoms with van der Waals surface area (Å²) in [6.45, 7) is 7.14. The minimum Gasteiger partial charge on any atom is -0.338 e. The molecule has 4 nitrogen and oxygen atoms in total. The van der Waals surface area contributed by atoms with Gasteiger partial charge in [0.05, 0.1) is 12.3 Å². The van der Waals surface area contributed by atoms with Crippen LogP contribution >= 0.6 is 11.8 Å². The molecule has 1 heterocycles. The van der Waals surface area contributed by atoms with Crippen molar-refractivity contribution in [3.05, 3.63) is 11.7 Å². The van der Waals surface area contributed by atoms with Crippen molar-refractivity contribution in [2.45, 2.75) is 52.0 Å². The van der Waals surface area contributed by atoms with E-state index in [1.165, 1.54) is 6.42 Å². The summed E-state index contributed by atoms with van der Waals surface area (Å²) in [5.41, 5.74) is 0. The predicted octanol–water partition coefficient (Wildman–Crippen LogP) is 2.60. The molecular formula is C11H21N3OS. The number of nitrogens with zero attached hydrogens (tertiary/aromatic N) is 2. The third-order valence-electron chi connectivity index (χ3n) is 2.30. The second-order valence-corrected chi connectivity index (χ2v) is 4.95. The maximum atomic E-state index is 5.15. The minimum atomic E-state index is 0.491. The molecule has 1 atom stereocenters. The second-order valence-electron chi connectivity index (χ2n) is 3.85. The van der Waals surface area contributed by atoms with Gasteiger partial charge in [-0.3, -0.25) is 0 Å². The lowest BCUT2D eigenvalue weighted by Crippen LogP contribution is -2.24. The largest absolute Gasteiger partial charge is 0.338 e. The zero-order valence-corrected chi connectivity index (χ0v) is 11.1. The molecule has 1 N–H and O–H groups in total. The Morgan fingerprint density at radius 2 is 2.25 bits per heavy atom. The molecule has 0 amide bonds. The molecule has 1 aromatic heterocycles. The Morgan fingerprint density at radius 1 is 1.44 bits per heavy atom. The molecule has 0 fully saturated rings. The third-order valence-corrected chi connectivity index (χ3v) is 3.46. The van der Waals surface area contributed by atoms with Gasteiger partial charge >= 0.3 is 0 Å². The first-order chi connectivity index (χ1) is 7.76. The highest BCUT2D eigenvalue weighted by Crippen LogP contribution is 2.10. The number of hydrogen-bond donors (Lipinski definition) is 1. The molecule has 16 heavy (non-hydrogen) atoms. The van der Waals surface area contributed by atoms with Crippen molar-refractivity contribution in [3.8, 4) is 0 Å². The minimum absolute atomic E-state index is 0.491. The summed E-state index contributed by atoms with van der Waals surface area (Å²) in [7, 11) is 0. The van der Waals surface area contributed by atoms with E-state index in [-0.39, 0.29) is 0 Å². The lowest BCUT2D eigenvalue weighted by molar-refractivity contribution is 0.355. The Morgan fingerprint density at radius 3 is 2.94 bits per heavy atom. The first-order valence-corrected chi connectivity index (χ1v) is 7.04. The van der Waals surface area contributed by atoms with Crippen LogP contribution < -0.4 is 5.32 Å². The molecule has 0 bridgehead atoms. The van der Waals surface area contributed by atoms with Crippen LogP contribution in [0.4, 0.5) is 0 Å². The van der Waals surface area contributed by atoms with E-state index in [1.54, 1.807) is 0 Å². The summed E-state index contributed by atoms with van der Waals surface area (Å²) in [4.78, 5) is 4.33. The number of thioether (sulfide) groups is 1. The fourth-order valence-corrected chi connectivity index (χ4v) is 1.87. The number of nitrogens with one attached hydrogen (secondary N) is 1. The number of rotatable bonds is 8. The van der Waals surface area contributed by atoms with Crippen LogP contribution in [0, 0.1) is 0 Å². The van der Waals surface area contributed by atoms with E-state index in [1.807, 2.05) is 11.8 Å². The van der Waals surface area contributed by atoms with Crippen LogP contribution in [0.5, 0.6) is 0 Å². The quantitative estimate of drug-likeness (QED) is 0.711. The molecule has 1 rings (SSSR count). The second kappa shape index (κ2) is 7.68. The molecule has 5 heteroatoms. The Bertz CT molecular complexity index is 291. The van der Waals surface area contributed by atoms with Crippen LogP contribution in [0.25, 0.3) is 0 Å². The zero-order valence-electron chi connectivity index (χ0n) is 10.3. The van der Waals surface area contributed by atoms with E-state index in [0.29, 0.717) is 18.5 Å². The molecule has 0 radical (unpaired) electrons. The molecule has 1 aromatic rings. The average molecular weight is 243 g/mol. The van der Waals surface area contributed by atoms with Gasteiger partial charge in [-0.2, -0.15) is 16.7 Å². The van der Waals surface area contributed by atoms with E-state index >= 15 is 0 Å². The van der Waals surface area contributed by atoms with Crippen LogP contribution in [0.2, 0.25) is 0 Å². The van der Waals surface area contributed by atoms with Gasteiger partial charge in [-0.1, -0.05) is 19.0 Å². The predicted molar refractivity (Wildman–Crippen MR) is 67.3 cm³/mol. The van der Waals surface area contributed by atoms with Crippen molar-refractivity contribution in [1.82, 2.24) is 15.5 Å². The monoisotopic (exact) mass is 243 g/mol. The number of aromatic nitrogens is 2. The van der Waals surface area contributed by atoms with Crippen molar-refractivity contribution < 1.29 is 4.52 Å². The summed E-state index contributed by atoms with van der Waals surface area (Å²) in [5, 5.41) is 7.27. The summed E-state index contributed by atoms with van der Waals surface area (Å²) in [6.07, 6.45) is 2.29. The van der Waals surface area contributed by atoms with Crippen molar-refractivity contribution in [2.24, 2.45) is 0 Å². The maximum absolute atomic E-state index is 5.15. The third kappa shape index (κ3) is 4.99. The fourth-order valence-electron chi connectivity index (χ4n) is 1.13. The van der Waals surface area contributed by atoms with E-state index in [0.717, 1.165) is 23.8 Å². The van der Waals surface area contributed by atoms with Gasteiger partial charge in [-0.25, -0.2) is 0 Å². The van der Waals surface area contributed by atoms with Crippen LogP contribution in [-0.2, 0) is 12.3 Å². The molecule has 0 saturated heterocycles. The summed E-state index contributed by atoms with van der Waals surface area (Å²) >= 11 is 1.84. The Hall–Kier alpha value is -0.550. The SMILES string of the molecule is CCCSCc1noc(CNC(C)CC)n1. The standard InChI is InChI=1S/C11H21N3OS/c1-4-6-16-8-10-13-11(15-14-10)7-12-9(3)5-2/h9,12H,4-8H2,1-3H3. The topological polar surface area (TPSA) is 51.0 Å². The maximum Gasteiger partial charge on any atom is 0.240 e. The molecule has 0 aliphatic heterocycles. The molecule has 1 unspecified atom stereocenters. The molecule has 0 aromatic carbocycles. The van der Waals surface area contributed by atoms with Gasteiger partial charge < -0.3 is 9.84 Å². The van der Waals surface area contributed by atoms with Crippen LogP contribution in [0.3, 0.4) is 0 Å². The lowest BCUT2D eigenvalue weighted by Gasteiger charge is -2.07. The van der Waals surface area contributed by atoms with Gasteiger partial charge in [0, 0.05) is 6.04 Å².